The van der Waals surface area contributed by atoms with Crippen LogP contribution in [-0.4, -0.2) is 16.5 Å². The molecule has 1 unspecified atom stereocenters. The molecule has 1 N–H and O–H groups in total. The van der Waals surface area contributed by atoms with E-state index in [1.807, 2.05) is 13.0 Å². The van der Waals surface area contributed by atoms with E-state index in [4.69, 9.17) is 0 Å². The Kier molecular flexibility index (Phi) is 4.38. The van der Waals surface area contributed by atoms with Crippen molar-refractivity contribution in [2.24, 2.45) is 0 Å². The molecule has 2 aromatic rings. The smallest absolute Gasteiger partial charge is 0.142 e. The van der Waals surface area contributed by atoms with Gasteiger partial charge < -0.3 is 5.32 Å². The average Bonchev–Trinajstić information content (AvgIpc) is 2.41. The lowest BCUT2D eigenvalue weighted by Gasteiger charge is -2.18. The summed E-state index contributed by atoms with van der Waals surface area (Å²) in [5.74, 6) is -0.262. The second-order valence-electron chi connectivity index (χ2n) is 3.77. The summed E-state index contributed by atoms with van der Waals surface area (Å²) >= 11 is 3.20. The number of hydrogen-bond donors (Lipinski definition) is 1. The molecule has 5 heteroatoms. The van der Waals surface area contributed by atoms with Crippen LogP contribution in [0.5, 0.6) is 0 Å². The molecule has 3 nitrogen and oxygen atoms in total. The first-order valence-corrected chi connectivity index (χ1v) is 6.46. The number of rotatable bonds is 4. The van der Waals surface area contributed by atoms with Gasteiger partial charge in [-0.2, -0.15) is 0 Å². The molecular weight excluding hydrogens is 297 g/mol. The topological polar surface area (TPSA) is 37.8 Å². The molecule has 0 aliphatic heterocycles. The lowest BCUT2D eigenvalue weighted by Crippen LogP contribution is -2.24. The molecule has 0 saturated carbocycles. The predicted octanol–water partition coefficient (Wildman–Crippen LogP) is 3.08. The molecule has 94 valence electrons. The van der Waals surface area contributed by atoms with Crippen LogP contribution in [-0.2, 0) is 0 Å². The van der Waals surface area contributed by atoms with E-state index < -0.39 is 0 Å². The molecule has 1 heterocycles. The second kappa shape index (κ2) is 6.02. The second-order valence-corrected chi connectivity index (χ2v) is 4.62. The molecule has 0 saturated heterocycles. The van der Waals surface area contributed by atoms with Gasteiger partial charge in [0.2, 0.25) is 0 Å². The molecule has 0 aliphatic carbocycles. The van der Waals surface area contributed by atoms with Gasteiger partial charge in [-0.25, -0.2) is 14.4 Å². The molecule has 0 bridgehead atoms. The van der Waals surface area contributed by atoms with Gasteiger partial charge in [0.25, 0.3) is 0 Å². The number of nitrogens with zero attached hydrogens (tertiary/aromatic N) is 2. The minimum atomic E-state index is -0.268. The SMILES string of the molecule is CCNC(c1ccncn1)c1cccc(Br)c1F. The number of hydrogen-bond acceptors (Lipinski definition) is 3. The van der Waals surface area contributed by atoms with Crippen molar-refractivity contribution in [3.8, 4) is 0 Å². The first-order chi connectivity index (χ1) is 8.74. The van der Waals surface area contributed by atoms with Crippen molar-refractivity contribution in [2.45, 2.75) is 13.0 Å². The normalized spacial score (nSPS) is 12.4. The number of nitrogens with one attached hydrogen (secondary N) is 1. The van der Waals surface area contributed by atoms with Crippen LogP contribution < -0.4 is 5.32 Å². The maximum absolute atomic E-state index is 14.1. The Morgan fingerprint density at radius 3 is 2.89 bits per heavy atom. The van der Waals surface area contributed by atoms with Gasteiger partial charge in [0, 0.05) is 11.8 Å². The molecule has 2 rings (SSSR count). The van der Waals surface area contributed by atoms with Gasteiger partial charge in [-0.1, -0.05) is 19.1 Å². The van der Waals surface area contributed by atoms with Gasteiger partial charge in [0.15, 0.2) is 0 Å². The third-order valence-corrected chi connectivity index (χ3v) is 3.21. The Balaban J connectivity index is 2.45. The summed E-state index contributed by atoms with van der Waals surface area (Å²) < 4.78 is 14.6. The molecule has 0 aliphatic rings. The van der Waals surface area contributed by atoms with Crippen molar-refractivity contribution in [3.05, 3.63) is 58.3 Å². The van der Waals surface area contributed by atoms with Crippen LogP contribution in [0.2, 0.25) is 0 Å². The largest absolute Gasteiger partial charge is 0.305 e. The van der Waals surface area contributed by atoms with Gasteiger partial charge in [-0.05, 0) is 34.6 Å². The maximum atomic E-state index is 14.1. The highest BCUT2D eigenvalue weighted by atomic mass is 79.9. The number of aromatic nitrogens is 2. The third kappa shape index (κ3) is 2.73. The first-order valence-electron chi connectivity index (χ1n) is 5.67. The zero-order valence-corrected chi connectivity index (χ0v) is 11.5. The minimum Gasteiger partial charge on any atom is -0.305 e. The summed E-state index contributed by atoms with van der Waals surface area (Å²) in [6.07, 6.45) is 3.12. The molecular formula is C13H13BrFN3. The minimum absolute atomic E-state index is 0.262. The van der Waals surface area contributed by atoms with E-state index >= 15 is 0 Å². The van der Waals surface area contributed by atoms with Crippen LogP contribution in [0.4, 0.5) is 4.39 Å². The lowest BCUT2D eigenvalue weighted by molar-refractivity contribution is 0.547. The van der Waals surface area contributed by atoms with Crippen molar-refractivity contribution in [1.29, 1.82) is 0 Å². The van der Waals surface area contributed by atoms with Crippen molar-refractivity contribution < 1.29 is 4.39 Å². The molecule has 0 fully saturated rings. The fourth-order valence-corrected chi connectivity index (χ4v) is 2.17. The summed E-state index contributed by atoms with van der Waals surface area (Å²) in [6, 6.07) is 6.77. The predicted molar refractivity (Wildman–Crippen MR) is 71.7 cm³/mol. The summed E-state index contributed by atoms with van der Waals surface area (Å²) in [6.45, 7) is 2.70. The maximum Gasteiger partial charge on any atom is 0.142 e. The van der Waals surface area contributed by atoms with Crippen molar-refractivity contribution >= 4 is 15.9 Å². The first kappa shape index (κ1) is 13.1. The fraction of sp³-hybridized carbons (Fsp3) is 0.231. The Hall–Kier alpha value is -1.33. The molecule has 1 aromatic carbocycles. The molecule has 0 radical (unpaired) electrons. The van der Waals surface area contributed by atoms with E-state index in [2.05, 4.69) is 31.2 Å². The van der Waals surface area contributed by atoms with E-state index in [1.165, 1.54) is 6.33 Å². The zero-order valence-electron chi connectivity index (χ0n) is 9.90. The van der Waals surface area contributed by atoms with Crippen molar-refractivity contribution in [3.63, 3.8) is 0 Å². The van der Waals surface area contributed by atoms with E-state index in [0.717, 1.165) is 12.2 Å². The van der Waals surface area contributed by atoms with Crippen LogP contribution in [0.3, 0.4) is 0 Å². The zero-order chi connectivity index (χ0) is 13.0. The Morgan fingerprint density at radius 1 is 1.39 bits per heavy atom. The van der Waals surface area contributed by atoms with Crippen molar-refractivity contribution in [1.82, 2.24) is 15.3 Å². The Morgan fingerprint density at radius 2 is 2.22 bits per heavy atom. The van der Waals surface area contributed by atoms with Gasteiger partial charge >= 0.3 is 0 Å². The summed E-state index contributed by atoms with van der Waals surface area (Å²) in [7, 11) is 0. The van der Waals surface area contributed by atoms with Gasteiger partial charge in [-0.3, -0.25) is 0 Å². The number of halogens is 2. The van der Waals surface area contributed by atoms with Gasteiger partial charge in [0.1, 0.15) is 12.1 Å². The highest BCUT2D eigenvalue weighted by molar-refractivity contribution is 9.10. The summed E-state index contributed by atoms with van der Waals surface area (Å²) in [4.78, 5) is 8.07. The monoisotopic (exact) mass is 309 g/mol. The molecule has 18 heavy (non-hydrogen) atoms. The third-order valence-electron chi connectivity index (χ3n) is 2.60. The molecule has 0 spiro atoms. The highest BCUT2D eigenvalue weighted by Crippen LogP contribution is 2.27. The lowest BCUT2D eigenvalue weighted by atomic mass is 10.0. The van der Waals surface area contributed by atoms with Crippen LogP contribution in [0.25, 0.3) is 0 Å². The average molecular weight is 310 g/mol. The Labute approximate surface area is 114 Å². The quantitative estimate of drug-likeness (QED) is 0.943. The van der Waals surface area contributed by atoms with E-state index in [9.17, 15) is 4.39 Å². The highest BCUT2D eigenvalue weighted by Gasteiger charge is 2.19. The van der Waals surface area contributed by atoms with E-state index in [-0.39, 0.29) is 11.9 Å². The fourth-order valence-electron chi connectivity index (χ4n) is 1.79. The van der Waals surface area contributed by atoms with E-state index in [0.29, 0.717) is 10.0 Å². The molecule has 0 amide bonds. The number of benzene rings is 1. The van der Waals surface area contributed by atoms with Crippen LogP contribution in [0, 0.1) is 5.82 Å². The van der Waals surface area contributed by atoms with Crippen LogP contribution in [0.1, 0.15) is 24.2 Å². The van der Waals surface area contributed by atoms with Crippen LogP contribution >= 0.6 is 15.9 Å². The van der Waals surface area contributed by atoms with Crippen LogP contribution in [0.15, 0.2) is 41.3 Å². The Bertz CT molecular complexity index is 519. The van der Waals surface area contributed by atoms with Crippen molar-refractivity contribution in [2.75, 3.05) is 6.54 Å². The summed E-state index contributed by atoms with van der Waals surface area (Å²) in [5.41, 5.74) is 1.33. The standard InChI is InChI=1S/C13H13BrFN3/c1-2-17-13(11-6-7-16-8-18-11)9-4-3-5-10(14)12(9)15/h3-8,13,17H,2H2,1H3. The molecule has 1 aromatic heterocycles. The summed E-state index contributed by atoms with van der Waals surface area (Å²) in [5, 5.41) is 3.23. The van der Waals surface area contributed by atoms with Gasteiger partial charge in [-0.15, -0.1) is 0 Å². The molecule has 1 atom stereocenters. The van der Waals surface area contributed by atoms with E-state index in [1.54, 1.807) is 24.4 Å². The van der Waals surface area contributed by atoms with Gasteiger partial charge in [0.05, 0.1) is 16.2 Å².